The molecule has 18 heavy (non-hydrogen) atoms. The van der Waals surface area contributed by atoms with Gasteiger partial charge in [0.2, 0.25) is 11.8 Å². The molecule has 5 nitrogen and oxygen atoms in total. The Balaban J connectivity index is 2.12. The first-order valence-corrected chi connectivity index (χ1v) is 5.69. The van der Waals surface area contributed by atoms with Crippen molar-refractivity contribution in [3.8, 4) is 11.5 Å². The Hall–Kier alpha value is -2.27. The molecule has 0 aliphatic carbocycles. The number of rotatable bonds is 3. The van der Waals surface area contributed by atoms with Gasteiger partial charge >= 0.3 is 0 Å². The van der Waals surface area contributed by atoms with Gasteiger partial charge in [0.15, 0.2) is 0 Å². The van der Waals surface area contributed by atoms with E-state index in [1.54, 1.807) is 6.20 Å². The lowest BCUT2D eigenvalue weighted by Gasteiger charge is -2.00. The fourth-order valence-electron chi connectivity index (χ4n) is 1.87. The van der Waals surface area contributed by atoms with E-state index in [9.17, 15) is 0 Å². The predicted octanol–water partition coefficient (Wildman–Crippen LogP) is 2.00. The molecular formula is C13H12N4O. The average Bonchev–Trinajstić information content (AvgIpc) is 2.87. The van der Waals surface area contributed by atoms with Crippen LogP contribution in [-0.4, -0.2) is 22.2 Å². The Labute approximate surface area is 104 Å². The molecule has 0 spiro atoms. The standard InChI is InChI=1S/C13H12N4O/c1-14-8-12-16-17-13(18-12)10-6-7-15-11-5-3-2-4-9(10)11/h2-7,14H,8H2,1H3. The van der Waals surface area contributed by atoms with Gasteiger partial charge in [0.1, 0.15) is 0 Å². The van der Waals surface area contributed by atoms with Gasteiger partial charge in [-0.15, -0.1) is 10.2 Å². The number of hydrogen-bond donors (Lipinski definition) is 1. The van der Waals surface area contributed by atoms with Crippen molar-refractivity contribution >= 4 is 10.9 Å². The number of nitrogens with one attached hydrogen (secondary N) is 1. The van der Waals surface area contributed by atoms with Crippen molar-refractivity contribution in [3.05, 3.63) is 42.4 Å². The second-order valence-electron chi connectivity index (χ2n) is 3.91. The van der Waals surface area contributed by atoms with Crippen LogP contribution in [0.25, 0.3) is 22.4 Å². The smallest absolute Gasteiger partial charge is 0.248 e. The lowest BCUT2D eigenvalue weighted by Crippen LogP contribution is -2.04. The molecule has 2 heterocycles. The van der Waals surface area contributed by atoms with Crippen LogP contribution in [0.5, 0.6) is 0 Å². The van der Waals surface area contributed by atoms with Crippen LogP contribution in [0.1, 0.15) is 5.89 Å². The van der Waals surface area contributed by atoms with Gasteiger partial charge in [0.25, 0.3) is 0 Å². The van der Waals surface area contributed by atoms with Gasteiger partial charge in [-0.3, -0.25) is 4.98 Å². The second kappa shape index (κ2) is 4.54. The zero-order chi connectivity index (χ0) is 12.4. The molecule has 3 rings (SSSR count). The Kier molecular flexibility index (Phi) is 2.74. The minimum atomic E-state index is 0.527. The largest absolute Gasteiger partial charge is 0.419 e. The highest BCUT2D eigenvalue weighted by atomic mass is 16.4. The topological polar surface area (TPSA) is 63.8 Å². The van der Waals surface area contributed by atoms with E-state index < -0.39 is 0 Å². The Morgan fingerprint density at radius 2 is 2.06 bits per heavy atom. The van der Waals surface area contributed by atoms with E-state index in [1.165, 1.54) is 0 Å². The average molecular weight is 240 g/mol. The van der Waals surface area contributed by atoms with Crippen LogP contribution in [0.2, 0.25) is 0 Å². The molecule has 5 heteroatoms. The van der Waals surface area contributed by atoms with Gasteiger partial charge in [0.05, 0.1) is 12.1 Å². The molecule has 0 bridgehead atoms. The Morgan fingerprint density at radius 1 is 1.17 bits per heavy atom. The van der Waals surface area contributed by atoms with Gasteiger partial charge in [-0.05, 0) is 19.2 Å². The lowest BCUT2D eigenvalue weighted by molar-refractivity contribution is 0.491. The van der Waals surface area contributed by atoms with Crippen LogP contribution < -0.4 is 5.32 Å². The molecule has 0 amide bonds. The summed E-state index contributed by atoms with van der Waals surface area (Å²) in [5.74, 6) is 1.10. The van der Waals surface area contributed by atoms with E-state index >= 15 is 0 Å². The molecule has 0 radical (unpaired) electrons. The number of para-hydroxylation sites is 1. The van der Waals surface area contributed by atoms with Gasteiger partial charge in [-0.2, -0.15) is 0 Å². The summed E-state index contributed by atoms with van der Waals surface area (Å²) in [6.45, 7) is 0.565. The summed E-state index contributed by atoms with van der Waals surface area (Å²) in [5.41, 5.74) is 1.83. The summed E-state index contributed by atoms with van der Waals surface area (Å²) in [6.07, 6.45) is 1.75. The first kappa shape index (κ1) is 10.9. The van der Waals surface area contributed by atoms with Gasteiger partial charge in [0, 0.05) is 17.1 Å². The fourth-order valence-corrected chi connectivity index (χ4v) is 1.87. The van der Waals surface area contributed by atoms with Crippen molar-refractivity contribution in [2.75, 3.05) is 7.05 Å². The highest BCUT2D eigenvalue weighted by molar-refractivity contribution is 5.91. The molecule has 0 saturated heterocycles. The van der Waals surface area contributed by atoms with E-state index in [0.717, 1.165) is 16.5 Å². The van der Waals surface area contributed by atoms with Crippen molar-refractivity contribution < 1.29 is 4.42 Å². The van der Waals surface area contributed by atoms with Crippen LogP contribution in [0.15, 0.2) is 40.9 Å². The number of hydrogen-bond acceptors (Lipinski definition) is 5. The first-order chi connectivity index (χ1) is 8.88. The monoisotopic (exact) mass is 240 g/mol. The number of nitrogens with zero attached hydrogens (tertiary/aromatic N) is 3. The summed E-state index contributed by atoms with van der Waals surface area (Å²) in [5, 5.41) is 12.1. The summed E-state index contributed by atoms with van der Waals surface area (Å²) >= 11 is 0. The molecule has 1 aromatic carbocycles. The molecule has 0 saturated carbocycles. The highest BCUT2D eigenvalue weighted by Crippen LogP contribution is 2.25. The third kappa shape index (κ3) is 1.84. The van der Waals surface area contributed by atoms with Crippen molar-refractivity contribution in [2.24, 2.45) is 0 Å². The van der Waals surface area contributed by atoms with Crippen LogP contribution >= 0.6 is 0 Å². The van der Waals surface area contributed by atoms with Crippen molar-refractivity contribution in [2.45, 2.75) is 6.54 Å². The van der Waals surface area contributed by atoms with Crippen LogP contribution in [0.4, 0.5) is 0 Å². The minimum absolute atomic E-state index is 0.527. The van der Waals surface area contributed by atoms with E-state index in [2.05, 4.69) is 20.5 Å². The number of pyridine rings is 1. The summed E-state index contributed by atoms with van der Waals surface area (Å²) in [7, 11) is 1.84. The predicted molar refractivity (Wildman–Crippen MR) is 67.8 cm³/mol. The quantitative estimate of drug-likeness (QED) is 0.758. The maximum Gasteiger partial charge on any atom is 0.248 e. The maximum atomic E-state index is 5.61. The summed E-state index contributed by atoms with van der Waals surface area (Å²) in [6, 6.07) is 9.78. The molecule has 0 aliphatic heterocycles. The van der Waals surface area contributed by atoms with Gasteiger partial charge < -0.3 is 9.73 Å². The summed E-state index contributed by atoms with van der Waals surface area (Å²) in [4.78, 5) is 4.31. The molecule has 90 valence electrons. The number of fused-ring (bicyclic) bond motifs is 1. The zero-order valence-electron chi connectivity index (χ0n) is 9.92. The molecule has 1 N–H and O–H groups in total. The maximum absolute atomic E-state index is 5.61. The minimum Gasteiger partial charge on any atom is -0.419 e. The molecule has 0 atom stereocenters. The lowest BCUT2D eigenvalue weighted by atomic mass is 10.1. The highest BCUT2D eigenvalue weighted by Gasteiger charge is 2.11. The van der Waals surface area contributed by atoms with Gasteiger partial charge in [-0.25, -0.2) is 0 Å². The molecule has 0 unspecified atom stereocenters. The molecule has 0 aliphatic rings. The third-order valence-electron chi connectivity index (χ3n) is 2.67. The third-order valence-corrected chi connectivity index (χ3v) is 2.67. The molecule has 2 aromatic heterocycles. The molecule has 3 aromatic rings. The van der Waals surface area contributed by atoms with E-state index in [-0.39, 0.29) is 0 Å². The van der Waals surface area contributed by atoms with Crippen molar-refractivity contribution in [1.29, 1.82) is 0 Å². The number of aromatic nitrogens is 3. The van der Waals surface area contributed by atoms with E-state index in [4.69, 9.17) is 4.42 Å². The van der Waals surface area contributed by atoms with Crippen LogP contribution in [-0.2, 0) is 6.54 Å². The van der Waals surface area contributed by atoms with Crippen LogP contribution in [0.3, 0.4) is 0 Å². The summed E-state index contributed by atoms with van der Waals surface area (Å²) < 4.78 is 5.61. The molecular weight excluding hydrogens is 228 g/mol. The van der Waals surface area contributed by atoms with Crippen LogP contribution in [0, 0.1) is 0 Å². The zero-order valence-corrected chi connectivity index (χ0v) is 9.92. The van der Waals surface area contributed by atoms with Crippen molar-refractivity contribution in [1.82, 2.24) is 20.5 Å². The SMILES string of the molecule is CNCc1nnc(-c2ccnc3ccccc23)o1. The Bertz CT molecular complexity index is 672. The Morgan fingerprint density at radius 3 is 2.94 bits per heavy atom. The normalized spacial score (nSPS) is 10.9. The first-order valence-electron chi connectivity index (χ1n) is 5.69. The fraction of sp³-hybridized carbons (Fsp3) is 0.154. The van der Waals surface area contributed by atoms with Crippen molar-refractivity contribution in [3.63, 3.8) is 0 Å². The molecule has 0 fully saturated rings. The second-order valence-corrected chi connectivity index (χ2v) is 3.91. The van der Waals surface area contributed by atoms with E-state index in [1.807, 2.05) is 37.4 Å². The number of benzene rings is 1. The van der Waals surface area contributed by atoms with E-state index in [0.29, 0.717) is 18.3 Å². The van der Waals surface area contributed by atoms with Gasteiger partial charge in [-0.1, -0.05) is 18.2 Å².